The van der Waals surface area contributed by atoms with E-state index < -0.39 is 11.7 Å². The predicted octanol–water partition coefficient (Wildman–Crippen LogP) is 4.74. The first-order valence-corrected chi connectivity index (χ1v) is 11.1. The number of hydrogen-bond donors (Lipinski definition) is 1. The second-order valence-electron chi connectivity index (χ2n) is 9.82. The third-order valence-electron chi connectivity index (χ3n) is 5.66. The van der Waals surface area contributed by atoms with Crippen LogP contribution in [0, 0.1) is 11.2 Å². The molecule has 5 nitrogen and oxygen atoms in total. The fraction of sp³-hybridized carbons (Fsp3) is 0.462. The first kappa shape index (κ1) is 23.9. The summed E-state index contributed by atoms with van der Waals surface area (Å²) in [5, 5.41) is 2.89. The first-order chi connectivity index (χ1) is 15.1. The molecule has 2 aromatic carbocycles. The molecule has 0 radical (unpaired) electrons. The summed E-state index contributed by atoms with van der Waals surface area (Å²) in [5.74, 6) is -0.226. The van der Waals surface area contributed by atoms with E-state index >= 15 is 0 Å². The number of amides is 1. The minimum Gasteiger partial charge on any atom is -0.444 e. The molecule has 1 saturated heterocycles. The van der Waals surface area contributed by atoms with E-state index in [0.29, 0.717) is 19.5 Å². The summed E-state index contributed by atoms with van der Waals surface area (Å²) < 4.78 is 18.6. The Morgan fingerprint density at radius 2 is 1.75 bits per heavy atom. The first-order valence-electron chi connectivity index (χ1n) is 11.1. The normalized spacial score (nSPS) is 19.0. The number of ketones is 1. The van der Waals surface area contributed by atoms with Crippen molar-refractivity contribution in [3.8, 4) is 0 Å². The number of hydrogen-bond acceptors (Lipinski definition) is 4. The molecule has 32 heavy (non-hydrogen) atoms. The Bertz CT molecular complexity index is 909. The molecule has 6 heteroatoms. The maximum atomic E-state index is 13.2. The van der Waals surface area contributed by atoms with E-state index in [1.165, 1.54) is 17.7 Å². The van der Waals surface area contributed by atoms with Crippen LogP contribution in [-0.2, 0) is 22.5 Å². The van der Waals surface area contributed by atoms with Crippen molar-refractivity contribution in [1.82, 2.24) is 10.2 Å². The molecular formula is C26H33FN2O3. The van der Waals surface area contributed by atoms with Crippen molar-refractivity contribution in [2.75, 3.05) is 19.6 Å². The fourth-order valence-electron chi connectivity index (χ4n) is 4.24. The number of likely N-dealkylation sites (tertiary alicyclic amines) is 1. The maximum Gasteiger partial charge on any atom is 0.407 e. The van der Waals surface area contributed by atoms with E-state index in [1.807, 2.05) is 39.0 Å². The minimum atomic E-state index is -0.579. The van der Waals surface area contributed by atoms with Crippen LogP contribution in [0.4, 0.5) is 9.18 Å². The molecule has 0 saturated carbocycles. The number of alkyl carbamates (subject to hydrolysis) is 1. The van der Waals surface area contributed by atoms with E-state index in [9.17, 15) is 14.0 Å². The molecule has 1 aliphatic rings. The Morgan fingerprint density at radius 1 is 1.06 bits per heavy atom. The smallest absolute Gasteiger partial charge is 0.407 e. The summed E-state index contributed by atoms with van der Waals surface area (Å²) in [6, 6.07) is 16.3. The van der Waals surface area contributed by atoms with Gasteiger partial charge in [0, 0.05) is 37.9 Å². The quantitative estimate of drug-likeness (QED) is 0.644. The van der Waals surface area contributed by atoms with Crippen LogP contribution in [0.25, 0.3) is 0 Å². The van der Waals surface area contributed by atoms with Gasteiger partial charge in [0.2, 0.25) is 0 Å². The molecule has 1 fully saturated rings. The number of benzene rings is 2. The molecule has 0 aromatic heterocycles. The van der Waals surface area contributed by atoms with Crippen molar-refractivity contribution < 1.29 is 18.7 Å². The molecule has 1 heterocycles. The molecule has 1 aliphatic heterocycles. The Balaban J connectivity index is 1.66. The van der Waals surface area contributed by atoms with Gasteiger partial charge in [-0.2, -0.15) is 0 Å². The summed E-state index contributed by atoms with van der Waals surface area (Å²) in [6.07, 6.45) is 0.952. The molecule has 1 unspecified atom stereocenters. The molecule has 2 aromatic rings. The molecule has 1 atom stereocenters. The van der Waals surface area contributed by atoms with Crippen molar-refractivity contribution in [3.63, 3.8) is 0 Å². The molecule has 3 rings (SSSR count). The van der Waals surface area contributed by atoms with Gasteiger partial charge in [-0.1, -0.05) is 42.5 Å². The number of carbonyl (C=O) groups is 2. The number of ether oxygens (including phenoxy) is 1. The Labute approximate surface area is 190 Å². The molecule has 0 aliphatic carbocycles. The molecular weight excluding hydrogens is 407 g/mol. The molecule has 1 amide bonds. The molecule has 172 valence electrons. The number of rotatable bonds is 8. The number of nitrogens with zero attached hydrogens (tertiary/aromatic N) is 1. The number of carbonyl (C=O) groups excluding carboxylic acids is 2. The predicted molar refractivity (Wildman–Crippen MR) is 123 cm³/mol. The molecule has 0 bridgehead atoms. The highest BCUT2D eigenvalue weighted by atomic mass is 19.1. The number of nitrogens with one attached hydrogen (secondary N) is 1. The summed E-state index contributed by atoms with van der Waals surface area (Å²) in [7, 11) is 0. The SMILES string of the molecule is CC(C)(C)OC(=O)NCC1(CC(=O)Cc2ccc(F)cc2)CCN(Cc2ccccc2)C1. The van der Waals surface area contributed by atoms with E-state index in [0.717, 1.165) is 25.1 Å². The fourth-order valence-corrected chi connectivity index (χ4v) is 4.24. The standard InChI is InChI=1S/C26H33FN2O3/c1-25(2,3)32-24(31)28-18-26(16-23(30)15-20-9-11-22(27)12-10-20)13-14-29(19-26)17-21-7-5-4-6-8-21/h4-12H,13-19H2,1-3H3,(H,28,31). The third kappa shape index (κ3) is 7.45. The lowest BCUT2D eigenvalue weighted by Crippen LogP contribution is -2.43. The highest BCUT2D eigenvalue weighted by Crippen LogP contribution is 2.35. The maximum absolute atomic E-state index is 13.2. The number of halogens is 1. The van der Waals surface area contributed by atoms with Crippen LogP contribution in [-0.4, -0.2) is 42.0 Å². The van der Waals surface area contributed by atoms with Crippen LogP contribution in [0.2, 0.25) is 0 Å². The van der Waals surface area contributed by atoms with E-state index in [-0.39, 0.29) is 23.4 Å². The Morgan fingerprint density at radius 3 is 2.41 bits per heavy atom. The zero-order valence-electron chi connectivity index (χ0n) is 19.2. The van der Waals surface area contributed by atoms with Gasteiger partial charge in [0.15, 0.2) is 0 Å². The van der Waals surface area contributed by atoms with Crippen molar-refractivity contribution in [1.29, 1.82) is 0 Å². The minimum absolute atomic E-state index is 0.0872. The highest BCUT2D eigenvalue weighted by Gasteiger charge is 2.40. The van der Waals surface area contributed by atoms with Crippen molar-refractivity contribution >= 4 is 11.9 Å². The number of Topliss-reactive ketones (excluding diaryl/α,β-unsaturated/α-hetero) is 1. The van der Waals surface area contributed by atoms with Crippen LogP contribution in [0.5, 0.6) is 0 Å². The van der Waals surface area contributed by atoms with Crippen LogP contribution < -0.4 is 5.32 Å². The van der Waals surface area contributed by atoms with Crippen molar-refractivity contribution in [3.05, 3.63) is 71.5 Å². The van der Waals surface area contributed by atoms with Gasteiger partial charge < -0.3 is 10.1 Å². The zero-order valence-corrected chi connectivity index (χ0v) is 19.2. The molecule has 0 spiro atoms. The lowest BCUT2D eigenvalue weighted by molar-refractivity contribution is -0.120. The van der Waals surface area contributed by atoms with Gasteiger partial charge in [0.25, 0.3) is 0 Å². The van der Waals surface area contributed by atoms with Crippen LogP contribution in [0.3, 0.4) is 0 Å². The van der Waals surface area contributed by atoms with Crippen LogP contribution in [0.15, 0.2) is 54.6 Å². The summed E-state index contributed by atoms with van der Waals surface area (Å²) in [5.41, 5.74) is 1.08. The second-order valence-corrected chi connectivity index (χ2v) is 9.82. The molecule has 1 N–H and O–H groups in total. The van der Waals surface area contributed by atoms with Crippen LogP contribution in [0.1, 0.15) is 44.7 Å². The Hall–Kier alpha value is -2.73. The topological polar surface area (TPSA) is 58.6 Å². The van der Waals surface area contributed by atoms with Crippen molar-refractivity contribution in [2.45, 2.75) is 52.2 Å². The lowest BCUT2D eigenvalue weighted by Gasteiger charge is -2.30. The van der Waals surface area contributed by atoms with Gasteiger partial charge in [0.1, 0.15) is 17.2 Å². The highest BCUT2D eigenvalue weighted by molar-refractivity contribution is 5.81. The van der Waals surface area contributed by atoms with Gasteiger partial charge >= 0.3 is 6.09 Å². The second kappa shape index (κ2) is 10.3. The lowest BCUT2D eigenvalue weighted by atomic mass is 9.80. The van der Waals surface area contributed by atoms with E-state index in [4.69, 9.17) is 4.74 Å². The summed E-state index contributed by atoms with van der Waals surface area (Å²) in [6.45, 7) is 8.23. The average Bonchev–Trinajstić information content (AvgIpc) is 3.10. The van der Waals surface area contributed by atoms with E-state index in [1.54, 1.807) is 12.1 Å². The van der Waals surface area contributed by atoms with Gasteiger partial charge in [0.05, 0.1) is 0 Å². The third-order valence-corrected chi connectivity index (χ3v) is 5.66. The Kier molecular flexibility index (Phi) is 7.67. The van der Waals surface area contributed by atoms with Gasteiger partial charge in [-0.25, -0.2) is 9.18 Å². The van der Waals surface area contributed by atoms with Gasteiger partial charge in [-0.15, -0.1) is 0 Å². The zero-order chi connectivity index (χ0) is 23.2. The van der Waals surface area contributed by atoms with Crippen molar-refractivity contribution in [2.24, 2.45) is 5.41 Å². The van der Waals surface area contributed by atoms with Gasteiger partial charge in [-0.05, 0) is 57.0 Å². The monoisotopic (exact) mass is 440 g/mol. The van der Waals surface area contributed by atoms with Crippen LogP contribution >= 0.6 is 0 Å². The van der Waals surface area contributed by atoms with E-state index in [2.05, 4.69) is 22.3 Å². The van der Waals surface area contributed by atoms with Gasteiger partial charge in [-0.3, -0.25) is 9.69 Å². The average molecular weight is 441 g/mol. The largest absolute Gasteiger partial charge is 0.444 e. The summed E-state index contributed by atoms with van der Waals surface area (Å²) >= 11 is 0. The summed E-state index contributed by atoms with van der Waals surface area (Å²) in [4.78, 5) is 27.5.